The van der Waals surface area contributed by atoms with Gasteiger partial charge in [-0.1, -0.05) is 41.6 Å². The molecule has 1 aliphatic rings. The zero-order valence-corrected chi connectivity index (χ0v) is 13.8. The van der Waals surface area contributed by atoms with E-state index in [1.165, 1.54) is 16.3 Å². The van der Waals surface area contributed by atoms with E-state index < -0.39 is 11.7 Å². The molecular formula is C19H17F3N4. The number of benzene rings is 2. The molecule has 1 aromatic heterocycles. The molecule has 0 spiro atoms. The third-order valence-electron chi connectivity index (χ3n) is 4.54. The molecule has 1 aliphatic carbocycles. The summed E-state index contributed by atoms with van der Waals surface area (Å²) in [6, 6.07) is 15.8. The summed E-state index contributed by atoms with van der Waals surface area (Å²) in [7, 11) is 0. The number of hydrogen-bond acceptors (Lipinski definition) is 3. The van der Waals surface area contributed by atoms with Gasteiger partial charge >= 0.3 is 6.18 Å². The Labute approximate surface area is 148 Å². The first-order valence-electron chi connectivity index (χ1n) is 8.38. The molecule has 2 aromatic carbocycles. The van der Waals surface area contributed by atoms with Crippen LogP contribution in [0.3, 0.4) is 0 Å². The van der Waals surface area contributed by atoms with Crippen molar-refractivity contribution in [2.75, 3.05) is 0 Å². The predicted octanol–water partition coefficient (Wildman–Crippen LogP) is 3.93. The minimum Gasteiger partial charge on any atom is -0.308 e. The van der Waals surface area contributed by atoms with Gasteiger partial charge in [0, 0.05) is 18.5 Å². The Hall–Kier alpha value is -2.67. The second-order valence-corrected chi connectivity index (χ2v) is 6.44. The van der Waals surface area contributed by atoms with Crippen LogP contribution in [0, 0.1) is 0 Å². The molecule has 1 N–H and O–H groups in total. The molecule has 7 heteroatoms. The Balaban J connectivity index is 1.39. The van der Waals surface area contributed by atoms with Gasteiger partial charge in [-0.25, -0.2) is 4.68 Å². The van der Waals surface area contributed by atoms with Crippen LogP contribution < -0.4 is 5.32 Å². The summed E-state index contributed by atoms with van der Waals surface area (Å²) in [5, 5.41) is 11.4. The van der Waals surface area contributed by atoms with Gasteiger partial charge in [0.15, 0.2) is 0 Å². The van der Waals surface area contributed by atoms with Crippen LogP contribution in [0.2, 0.25) is 0 Å². The summed E-state index contributed by atoms with van der Waals surface area (Å²) in [6.45, 7) is 0.535. The fourth-order valence-electron chi connectivity index (χ4n) is 3.06. The van der Waals surface area contributed by atoms with Crippen LogP contribution in [-0.2, 0) is 12.7 Å². The number of hydrogen-bond donors (Lipinski definition) is 1. The molecular weight excluding hydrogens is 341 g/mol. The highest BCUT2D eigenvalue weighted by atomic mass is 19.4. The summed E-state index contributed by atoms with van der Waals surface area (Å²) in [5.74, 6) is 0.509. The zero-order valence-electron chi connectivity index (χ0n) is 13.8. The minimum absolute atomic E-state index is 0.340. The Morgan fingerprint density at radius 1 is 1.08 bits per heavy atom. The van der Waals surface area contributed by atoms with E-state index in [9.17, 15) is 13.2 Å². The standard InChI is InChI=1S/C19H17F3N4/c20-19(21,22)14-7-4-8-16(9-14)26-12-15(24-25-26)11-23-18-10-17(18)13-5-2-1-3-6-13/h1-9,12,17-18,23H,10-11H2/t17-,18+/m0/s1. The van der Waals surface area contributed by atoms with Crippen LogP contribution in [0.4, 0.5) is 13.2 Å². The van der Waals surface area contributed by atoms with Gasteiger partial charge in [0.25, 0.3) is 0 Å². The van der Waals surface area contributed by atoms with Crippen LogP contribution in [-0.4, -0.2) is 21.0 Å². The Morgan fingerprint density at radius 2 is 1.88 bits per heavy atom. The summed E-state index contributed by atoms with van der Waals surface area (Å²) < 4.78 is 39.8. The Morgan fingerprint density at radius 3 is 2.65 bits per heavy atom. The molecule has 2 atom stereocenters. The van der Waals surface area contributed by atoms with Crippen molar-refractivity contribution in [2.24, 2.45) is 0 Å². The van der Waals surface area contributed by atoms with Crippen LogP contribution in [0.5, 0.6) is 0 Å². The van der Waals surface area contributed by atoms with E-state index in [-0.39, 0.29) is 0 Å². The van der Waals surface area contributed by atoms with E-state index in [1.807, 2.05) is 18.2 Å². The van der Waals surface area contributed by atoms with E-state index in [2.05, 4.69) is 27.8 Å². The lowest BCUT2D eigenvalue weighted by Gasteiger charge is -2.08. The molecule has 0 unspecified atom stereocenters. The number of alkyl halides is 3. The van der Waals surface area contributed by atoms with E-state index in [4.69, 9.17) is 0 Å². The number of rotatable bonds is 5. The van der Waals surface area contributed by atoms with Gasteiger partial charge in [-0.05, 0) is 30.2 Å². The first-order chi connectivity index (χ1) is 12.5. The highest BCUT2D eigenvalue weighted by Crippen LogP contribution is 2.40. The summed E-state index contributed by atoms with van der Waals surface area (Å²) >= 11 is 0. The van der Waals surface area contributed by atoms with Crippen molar-refractivity contribution in [3.8, 4) is 5.69 Å². The molecule has 0 bridgehead atoms. The molecule has 0 amide bonds. The summed E-state index contributed by atoms with van der Waals surface area (Å²) in [4.78, 5) is 0. The van der Waals surface area contributed by atoms with Crippen LogP contribution in [0.25, 0.3) is 5.69 Å². The molecule has 3 aromatic rings. The Kier molecular flexibility index (Phi) is 4.24. The van der Waals surface area contributed by atoms with Gasteiger partial charge < -0.3 is 5.32 Å². The first-order valence-corrected chi connectivity index (χ1v) is 8.38. The van der Waals surface area contributed by atoms with Crippen molar-refractivity contribution in [3.63, 3.8) is 0 Å². The maximum absolute atomic E-state index is 12.8. The second-order valence-electron chi connectivity index (χ2n) is 6.44. The van der Waals surface area contributed by atoms with Gasteiger partial charge in [0.2, 0.25) is 0 Å². The fourth-order valence-corrected chi connectivity index (χ4v) is 3.06. The van der Waals surface area contributed by atoms with E-state index in [1.54, 1.807) is 12.3 Å². The van der Waals surface area contributed by atoms with Crippen molar-refractivity contribution < 1.29 is 13.2 Å². The van der Waals surface area contributed by atoms with Crippen LogP contribution >= 0.6 is 0 Å². The highest BCUT2D eigenvalue weighted by Gasteiger charge is 2.37. The molecule has 134 valence electrons. The molecule has 0 saturated heterocycles. The zero-order chi connectivity index (χ0) is 18.1. The maximum atomic E-state index is 12.8. The molecule has 0 radical (unpaired) electrons. The molecule has 1 heterocycles. The number of nitrogens with one attached hydrogen (secondary N) is 1. The van der Waals surface area contributed by atoms with E-state index in [0.29, 0.717) is 29.9 Å². The highest BCUT2D eigenvalue weighted by molar-refractivity contribution is 5.36. The topological polar surface area (TPSA) is 42.7 Å². The smallest absolute Gasteiger partial charge is 0.308 e. The number of nitrogens with zero attached hydrogens (tertiary/aromatic N) is 3. The molecule has 4 nitrogen and oxygen atoms in total. The van der Waals surface area contributed by atoms with Gasteiger partial charge in [-0.3, -0.25) is 0 Å². The fraction of sp³-hybridized carbons (Fsp3) is 0.263. The summed E-state index contributed by atoms with van der Waals surface area (Å²) in [6.07, 6.45) is -1.65. The minimum atomic E-state index is -4.38. The van der Waals surface area contributed by atoms with E-state index >= 15 is 0 Å². The maximum Gasteiger partial charge on any atom is 0.416 e. The first kappa shape index (κ1) is 16.8. The third kappa shape index (κ3) is 3.62. The number of halogens is 3. The average Bonchev–Trinajstić information content (AvgIpc) is 3.27. The lowest BCUT2D eigenvalue weighted by atomic mass is 10.1. The largest absolute Gasteiger partial charge is 0.416 e. The van der Waals surface area contributed by atoms with Gasteiger partial charge in [-0.15, -0.1) is 5.10 Å². The molecule has 26 heavy (non-hydrogen) atoms. The predicted molar refractivity (Wildman–Crippen MR) is 90.8 cm³/mol. The quantitative estimate of drug-likeness (QED) is 0.751. The van der Waals surface area contributed by atoms with Crippen molar-refractivity contribution >= 4 is 0 Å². The normalized spacial score (nSPS) is 19.5. The van der Waals surface area contributed by atoms with Gasteiger partial charge in [0.05, 0.1) is 23.1 Å². The van der Waals surface area contributed by atoms with Gasteiger partial charge in [0.1, 0.15) is 0 Å². The molecule has 1 saturated carbocycles. The molecule has 1 fully saturated rings. The lowest BCUT2D eigenvalue weighted by Crippen LogP contribution is -2.17. The molecule has 0 aliphatic heterocycles. The monoisotopic (exact) mass is 358 g/mol. The number of aromatic nitrogens is 3. The summed E-state index contributed by atoms with van der Waals surface area (Å²) in [5.41, 5.74) is 1.65. The van der Waals surface area contributed by atoms with Crippen molar-refractivity contribution in [3.05, 3.63) is 77.6 Å². The van der Waals surface area contributed by atoms with E-state index in [0.717, 1.165) is 18.6 Å². The second kappa shape index (κ2) is 6.57. The van der Waals surface area contributed by atoms with Crippen LogP contribution in [0.1, 0.15) is 29.2 Å². The van der Waals surface area contributed by atoms with Crippen LogP contribution in [0.15, 0.2) is 60.8 Å². The third-order valence-corrected chi connectivity index (χ3v) is 4.54. The molecule has 4 rings (SSSR count). The Bertz CT molecular complexity index is 889. The lowest BCUT2D eigenvalue weighted by molar-refractivity contribution is -0.137. The average molecular weight is 358 g/mol. The SMILES string of the molecule is FC(F)(F)c1cccc(-n2cc(CN[C@@H]3C[C@H]3c3ccccc3)nn2)c1. The van der Waals surface area contributed by atoms with Crippen molar-refractivity contribution in [1.82, 2.24) is 20.3 Å². The van der Waals surface area contributed by atoms with Crippen molar-refractivity contribution in [1.29, 1.82) is 0 Å². The van der Waals surface area contributed by atoms with Gasteiger partial charge in [-0.2, -0.15) is 13.2 Å². The van der Waals surface area contributed by atoms with Crippen molar-refractivity contribution in [2.45, 2.75) is 31.1 Å².